The van der Waals surface area contributed by atoms with Crippen LogP contribution in [0.2, 0.25) is 0 Å². The van der Waals surface area contributed by atoms with Crippen molar-refractivity contribution in [2.45, 2.75) is 56.9 Å². The molecule has 2 heterocycles. The predicted molar refractivity (Wildman–Crippen MR) is 96.3 cm³/mol. The minimum Gasteiger partial charge on any atom is -0.443 e. The van der Waals surface area contributed by atoms with Crippen LogP contribution in [0.5, 0.6) is 5.88 Å². The highest BCUT2D eigenvalue weighted by Crippen LogP contribution is 2.31. The van der Waals surface area contributed by atoms with Gasteiger partial charge in [0, 0.05) is 17.7 Å². The van der Waals surface area contributed by atoms with Crippen LogP contribution in [0.15, 0.2) is 24.3 Å². The van der Waals surface area contributed by atoms with E-state index in [2.05, 4.69) is 10.2 Å². The number of rotatable bonds is 6. The zero-order chi connectivity index (χ0) is 20.4. The Hall–Kier alpha value is -2.04. The molecule has 5 atom stereocenters. The zero-order valence-electron chi connectivity index (χ0n) is 15.6. The molecule has 0 amide bonds. The van der Waals surface area contributed by atoms with Crippen molar-refractivity contribution >= 4 is 0 Å². The average Bonchev–Trinajstić information content (AvgIpc) is 3.06. The Morgan fingerprint density at radius 2 is 1.89 bits per heavy atom. The number of aromatic nitrogens is 2. The number of ether oxygens (including phenoxy) is 2. The Morgan fingerprint density at radius 1 is 1.18 bits per heavy atom. The zero-order valence-corrected chi connectivity index (χ0v) is 15.6. The maximum absolute atomic E-state index is 14.1. The molecular weight excluding hydrogens is 371 g/mol. The molecule has 8 nitrogen and oxygen atoms in total. The molecule has 28 heavy (non-hydrogen) atoms. The summed E-state index contributed by atoms with van der Waals surface area (Å²) < 4.78 is 25.2. The van der Waals surface area contributed by atoms with E-state index >= 15 is 0 Å². The first-order chi connectivity index (χ1) is 13.3. The first kappa shape index (κ1) is 20.7. The minimum atomic E-state index is -1.56. The van der Waals surface area contributed by atoms with Crippen LogP contribution in [0, 0.1) is 5.82 Å². The largest absolute Gasteiger partial charge is 0.443 e. The first-order valence-electron chi connectivity index (χ1n) is 9.11. The second kappa shape index (κ2) is 8.54. The van der Waals surface area contributed by atoms with E-state index in [1.807, 2.05) is 13.8 Å². The van der Waals surface area contributed by atoms with E-state index in [0.29, 0.717) is 11.1 Å². The van der Waals surface area contributed by atoms with Gasteiger partial charge in [-0.3, -0.25) is 5.10 Å². The van der Waals surface area contributed by atoms with Gasteiger partial charge < -0.3 is 29.9 Å². The van der Waals surface area contributed by atoms with Crippen molar-refractivity contribution in [2.24, 2.45) is 0 Å². The molecule has 0 unspecified atom stereocenters. The quantitative estimate of drug-likeness (QED) is 0.479. The molecule has 3 rings (SSSR count). The summed E-state index contributed by atoms with van der Waals surface area (Å²) in [5.41, 5.74) is 1.78. The molecule has 1 aromatic carbocycles. The van der Waals surface area contributed by atoms with Crippen LogP contribution in [0.4, 0.5) is 4.39 Å². The number of H-pyrrole nitrogens is 1. The van der Waals surface area contributed by atoms with E-state index in [4.69, 9.17) is 9.47 Å². The Bertz CT molecular complexity index is 796. The topological polar surface area (TPSA) is 128 Å². The van der Waals surface area contributed by atoms with Gasteiger partial charge in [0.05, 0.1) is 6.61 Å². The number of aromatic amines is 1. The van der Waals surface area contributed by atoms with Crippen molar-refractivity contribution in [3.05, 3.63) is 46.9 Å². The lowest BCUT2D eigenvalue weighted by Gasteiger charge is -2.39. The molecule has 0 aliphatic carbocycles. The van der Waals surface area contributed by atoms with Crippen LogP contribution in [0.3, 0.4) is 0 Å². The van der Waals surface area contributed by atoms with Crippen LogP contribution < -0.4 is 4.74 Å². The van der Waals surface area contributed by atoms with Crippen LogP contribution in [0.1, 0.15) is 36.6 Å². The number of aliphatic hydroxyl groups excluding tert-OH is 4. The average molecular weight is 396 g/mol. The molecule has 1 saturated heterocycles. The van der Waals surface area contributed by atoms with Gasteiger partial charge in [0.1, 0.15) is 30.2 Å². The van der Waals surface area contributed by atoms with Crippen LogP contribution in [0.25, 0.3) is 0 Å². The highest BCUT2D eigenvalue weighted by Gasteiger charge is 2.45. The highest BCUT2D eigenvalue weighted by molar-refractivity contribution is 5.38. The molecule has 0 radical (unpaired) electrons. The molecule has 1 aliphatic heterocycles. The number of aliphatic hydroxyl groups is 4. The third-order valence-corrected chi connectivity index (χ3v) is 4.84. The summed E-state index contributed by atoms with van der Waals surface area (Å²) in [5, 5.41) is 46.3. The van der Waals surface area contributed by atoms with E-state index in [9.17, 15) is 24.8 Å². The molecule has 0 saturated carbocycles. The van der Waals surface area contributed by atoms with E-state index in [1.165, 1.54) is 6.07 Å². The lowest BCUT2D eigenvalue weighted by molar-refractivity contribution is -0.278. The fourth-order valence-corrected chi connectivity index (χ4v) is 3.21. The number of nitrogens with one attached hydrogen (secondary N) is 1. The fourth-order valence-electron chi connectivity index (χ4n) is 3.21. The maximum atomic E-state index is 14.1. The Morgan fingerprint density at radius 3 is 2.54 bits per heavy atom. The number of hydrogen-bond acceptors (Lipinski definition) is 7. The van der Waals surface area contributed by atoms with E-state index in [-0.39, 0.29) is 24.0 Å². The molecule has 0 spiro atoms. The summed E-state index contributed by atoms with van der Waals surface area (Å²) in [5.74, 6) is -0.227. The van der Waals surface area contributed by atoms with Gasteiger partial charge in [-0.15, -0.1) is 5.10 Å². The molecule has 1 aromatic heterocycles. The molecule has 0 bridgehead atoms. The first-order valence-corrected chi connectivity index (χ1v) is 9.11. The van der Waals surface area contributed by atoms with Gasteiger partial charge in [-0.2, -0.15) is 0 Å². The molecule has 2 aromatic rings. The van der Waals surface area contributed by atoms with Gasteiger partial charge in [-0.1, -0.05) is 32.0 Å². The van der Waals surface area contributed by atoms with E-state index < -0.39 is 37.3 Å². The van der Waals surface area contributed by atoms with Gasteiger partial charge in [0.25, 0.3) is 0 Å². The standard InChI is InChI=1S/C19H25FN2O6/c1-9(2)14-11(7-10-5-3-4-6-12(10)20)18(22-21-14)28-19-17(26)16(25)15(24)13(8-23)27-19/h3-6,9,13,15-17,19,23-26H,7-8H2,1-2H3,(H,21,22)/t13-,15-,16+,17-,19+/m1/s1. The van der Waals surface area contributed by atoms with Crippen molar-refractivity contribution in [2.75, 3.05) is 6.61 Å². The minimum absolute atomic E-state index is 0.0430. The number of benzene rings is 1. The monoisotopic (exact) mass is 396 g/mol. The van der Waals surface area contributed by atoms with Gasteiger partial charge >= 0.3 is 0 Å². The van der Waals surface area contributed by atoms with Gasteiger partial charge in [-0.25, -0.2) is 4.39 Å². The van der Waals surface area contributed by atoms with Gasteiger partial charge in [0.2, 0.25) is 12.2 Å². The fraction of sp³-hybridized carbons (Fsp3) is 0.526. The second-order valence-corrected chi connectivity index (χ2v) is 7.16. The number of nitrogens with zero attached hydrogens (tertiary/aromatic N) is 1. The molecule has 154 valence electrons. The van der Waals surface area contributed by atoms with Crippen molar-refractivity contribution in [1.29, 1.82) is 0 Å². The normalized spacial score (nSPS) is 27.9. The lowest BCUT2D eigenvalue weighted by atomic mass is 9.98. The third kappa shape index (κ3) is 4.03. The van der Waals surface area contributed by atoms with Gasteiger partial charge in [0.15, 0.2) is 0 Å². The number of hydrogen-bond donors (Lipinski definition) is 5. The molecule has 1 fully saturated rings. The highest BCUT2D eigenvalue weighted by atomic mass is 19.1. The predicted octanol–water partition coefficient (Wildman–Crippen LogP) is 0.442. The Kier molecular flexibility index (Phi) is 6.31. The van der Waals surface area contributed by atoms with Crippen LogP contribution in [-0.4, -0.2) is 67.9 Å². The maximum Gasteiger partial charge on any atom is 0.238 e. The lowest BCUT2D eigenvalue weighted by Crippen LogP contribution is -2.60. The van der Waals surface area contributed by atoms with Crippen molar-refractivity contribution in [3.8, 4) is 5.88 Å². The van der Waals surface area contributed by atoms with Crippen molar-refractivity contribution < 1.29 is 34.3 Å². The summed E-state index contributed by atoms with van der Waals surface area (Å²) in [6, 6.07) is 6.35. The Balaban J connectivity index is 1.89. The van der Waals surface area contributed by atoms with Crippen molar-refractivity contribution in [1.82, 2.24) is 10.2 Å². The summed E-state index contributed by atoms with van der Waals surface area (Å²) >= 11 is 0. The summed E-state index contributed by atoms with van der Waals surface area (Å²) in [7, 11) is 0. The van der Waals surface area contributed by atoms with E-state index in [0.717, 1.165) is 5.69 Å². The smallest absolute Gasteiger partial charge is 0.238 e. The summed E-state index contributed by atoms with van der Waals surface area (Å²) in [4.78, 5) is 0. The molecular formula is C19H25FN2O6. The molecule has 5 N–H and O–H groups in total. The van der Waals surface area contributed by atoms with Gasteiger partial charge in [-0.05, 0) is 17.5 Å². The SMILES string of the molecule is CC(C)c1[nH]nc(O[C@@H]2O[C@H](CO)[C@@H](O)[C@H](O)[C@H]2O)c1Cc1ccccc1F. The third-order valence-electron chi connectivity index (χ3n) is 4.84. The molecule has 9 heteroatoms. The van der Waals surface area contributed by atoms with Crippen LogP contribution >= 0.6 is 0 Å². The second-order valence-electron chi connectivity index (χ2n) is 7.16. The van der Waals surface area contributed by atoms with Crippen molar-refractivity contribution in [3.63, 3.8) is 0 Å². The summed E-state index contributed by atoms with van der Waals surface area (Å²) in [6.07, 6.45) is -6.86. The number of halogens is 1. The molecule has 1 aliphatic rings. The summed E-state index contributed by atoms with van der Waals surface area (Å²) in [6.45, 7) is 3.32. The Labute approximate surface area is 161 Å². The van der Waals surface area contributed by atoms with Crippen LogP contribution in [-0.2, 0) is 11.2 Å². The van der Waals surface area contributed by atoms with E-state index in [1.54, 1.807) is 18.2 Å².